The summed E-state index contributed by atoms with van der Waals surface area (Å²) in [6.07, 6.45) is 7.68. The van der Waals surface area contributed by atoms with Crippen LogP contribution >= 0.6 is 0 Å². The number of allylic oxidation sites excluding steroid dienone is 1. The molecule has 0 saturated carbocycles. The van der Waals surface area contributed by atoms with Crippen LogP contribution in [0.1, 0.15) is 56.1 Å². The second-order valence-corrected chi connectivity index (χ2v) is 13.2. The molecule has 12 heteroatoms. The maximum atomic E-state index is 14.9. The first-order valence-corrected chi connectivity index (χ1v) is 16.2. The Labute approximate surface area is 267 Å². The lowest BCUT2D eigenvalue weighted by Gasteiger charge is -2.54. The van der Waals surface area contributed by atoms with Crippen molar-refractivity contribution in [1.29, 1.82) is 5.26 Å². The Bertz CT molecular complexity index is 1620. The van der Waals surface area contributed by atoms with Gasteiger partial charge in [-0.1, -0.05) is 0 Å². The summed E-state index contributed by atoms with van der Waals surface area (Å²) in [4.78, 5) is 16.0. The highest BCUT2D eigenvalue weighted by Gasteiger charge is 2.46. The smallest absolute Gasteiger partial charge is 0.282 e. The average molecular weight is 629 g/mol. The van der Waals surface area contributed by atoms with Gasteiger partial charge in [0.2, 0.25) is 0 Å². The summed E-state index contributed by atoms with van der Waals surface area (Å²) in [6.45, 7) is 6.92. The first-order valence-electron chi connectivity index (χ1n) is 16.2. The van der Waals surface area contributed by atoms with E-state index in [0.717, 1.165) is 77.3 Å². The molecule has 4 aliphatic rings. The highest BCUT2D eigenvalue weighted by atomic mass is 19.1. The highest BCUT2D eigenvalue weighted by molar-refractivity contribution is 5.74. The Balaban J connectivity index is 0.938. The van der Waals surface area contributed by atoms with Crippen LogP contribution in [0.5, 0.6) is 11.6 Å². The average Bonchev–Trinajstić information content (AvgIpc) is 3.07. The van der Waals surface area contributed by atoms with Gasteiger partial charge in [-0.2, -0.15) is 5.26 Å². The Morgan fingerprint density at radius 3 is 2.54 bits per heavy atom. The molecule has 10 nitrogen and oxygen atoms in total. The predicted molar refractivity (Wildman–Crippen MR) is 168 cm³/mol. The van der Waals surface area contributed by atoms with Crippen molar-refractivity contribution in [2.24, 2.45) is 11.3 Å². The minimum absolute atomic E-state index is 0.197. The van der Waals surface area contributed by atoms with Crippen LogP contribution < -0.4 is 14.5 Å². The number of nitrogens with zero attached hydrogens (tertiary/aromatic N) is 8. The van der Waals surface area contributed by atoms with Gasteiger partial charge in [0.15, 0.2) is 5.82 Å². The van der Waals surface area contributed by atoms with Crippen molar-refractivity contribution in [2.45, 2.75) is 51.0 Å². The summed E-state index contributed by atoms with van der Waals surface area (Å²) >= 11 is 0. The zero-order valence-electron chi connectivity index (χ0n) is 25.8. The summed E-state index contributed by atoms with van der Waals surface area (Å²) < 4.78 is 35.3. The molecular weight excluding hydrogens is 590 g/mol. The lowest BCUT2D eigenvalue weighted by atomic mass is 9.72. The third kappa shape index (κ3) is 6.26. The second kappa shape index (κ2) is 12.9. The molecule has 0 bridgehead atoms. The van der Waals surface area contributed by atoms with Gasteiger partial charge in [-0.05, 0) is 99.9 Å². The molecule has 5 heterocycles. The number of benzene rings is 1. The zero-order chi connectivity index (χ0) is 31.7. The molecular formula is C34H38F2N8O2. The van der Waals surface area contributed by atoms with Crippen LogP contribution in [0.2, 0.25) is 0 Å². The SMILES string of the molecule is N#Cc1ccc(N2CCC(CN3CCC4(CC3)CN(c3ncnnc3Oc3ccc(F)cc3C3=C(F)C(O)CCC3)C4)CC2)nc1. The number of hydrogen-bond acceptors (Lipinski definition) is 10. The van der Waals surface area contributed by atoms with Crippen LogP contribution in [0.15, 0.2) is 48.7 Å². The molecule has 2 aromatic heterocycles. The van der Waals surface area contributed by atoms with Crippen LogP contribution in [0.3, 0.4) is 0 Å². The van der Waals surface area contributed by atoms with E-state index in [1.54, 1.807) is 6.20 Å². The van der Waals surface area contributed by atoms with Crippen LogP contribution in [0.4, 0.5) is 20.4 Å². The number of anilines is 2. The van der Waals surface area contributed by atoms with Crippen molar-refractivity contribution in [3.63, 3.8) is 0 Å². The summed E-state index contributed by atoms with van der Waals surface area (Å²) in [6, 6.07) is 9.88. The molecule has 3 aromatic rings. The Kier molecular flexibility index (Phi) is 8.53. The number of aliphatic hydroxyl groups excluding tert-OH is 1. The third-order valence-corrected chi connectivity index (χ3v) is 10.1. The van der Waals surface area contributed by atoms with E-state index in [4.69, 9.17) is 10.00 Å². The van der Waals surface area contributed by atoms with E-state index in [1.807, 2.05) is 12.1 Å². The zero-order valence-corrected chi connectivity index (χ0v) is 25.8. The number of pyridine rings is 1. The number of aromatic nitrogens is 4. The predicted octanol–water partition coefficient (Wildman–Crippen LogP) is 5.11. The summed E-state index contributed by atoms with van der Waals surface area (Å²) in [7, 11) is 0. The van der Waals surface area contributed by atoms with Gasteiger partial charge in [0.25, 0.3) is 5.88 Å². The van der Waals surface area contributed by atoms with E-state index in [9.17, 15) is 13.9 Å². The molecule has 3 aliphatic heterocycles. The fourth-order valence-corrected chi connectivity index (χ4v) is 7.44. The Hall–Kier alpha value is -4.21. The minimum atomic E-state index is -1.19. The molecule has 0 amide bonds. The van der Waals surface area contributed by atoms with E-state index >= 15 is 0 Å². The molecule has 1 spiro atoms. The van der Waals surface area contributed by atoms with E-state index < -0.39 is 17.7 Å². The van der Waals surface area contributed by atoms with E-state index in [-0.39, 0.29) is 28.2 Å². The molecule has 46 heavy (non-hydrogen) atoms. The van der Waals surface area contributed by atoms with Crippen molar-refractivity contribution < 1.29 is 18.6 Å². The second-order valence-electron chi connectivity index (χ2n) is 13.2. The van der Waals surface area contributed by atoms with Crippen molar-refractivity contribution >= 4 is 17.2 Å². The van der Waals surface area contributed by atoms with Crippen molar-refractivity contribution in [3.8, 4) is 17.7 Å². The number of rotatable bonds is 7. The van der Waals surface area contributed by atoms with E-state index in [1.165, 1.54) is 24.5 Å². The molecule has 3 fully saturated rings. The molecule has 1 aliphatic carbocycles. The van der Waals surface area contributed by atoms with Crippen LogP contribution in [0.25, 0.3) is 5.57 Å². The van der Waals surface area contributed by atoms with Crippen molar-refractivity contribution in [1.82, 2.24) is 25.1 Å². The largest absolute Gasteiger partial charge is 0.434 e. The maximum absolute atomic E-state index is 14.9. The van der Waals surface area contributed by atoms with Crippen molar-refractivity contribution in [2.75, 3.05) is 55.6 Å². The van der Waals surface area contributed by atoms with Crippen LogP contribution in [-0.2, 0) is 0 Å². The fourth-order valence-electron chi connectivity index (χ4n) is 7.44. The van der Waals surface area contributed by atoms with E-state index in [2.05, 4.69) is 40.9 Å². The molecule has 0 radical (unpaired) electrons. The number of ether oxygens (including phenoxy) is 1. The van der Waals surface area contributed by atoms with Gasteiger partial charge in [0.05, 0.1) is 5.56 Å². The Morgan fingerprint density at radius 2 is 1.80 bits per heavy atom. The Morgan fingerprint density at radius 1 is 1.00 bits per heavy atom. The van der Waals surface area contributed by atoms with Crippen molar-refractivity contribution in [3.05, 3.63) is 65.6 Å². The topological polar surface area (TPSA) is 115 Å². The van der Waals surface area contributed by atoms with Gasteiger partial charge in [0, 0.05) is 49.9 Å². The molecule has 1 N–H and O–H groups in total. The van der Waals surface area contributed by atoms with Gasteiger partial charge < -0.3 is 24.5 Å². The highest BCUT2D eigenvalue weighted by Crippen LogP contribution is 2.45. The van der Waals surface area contributed by atoms with Gasteiger partial charge >= 0.3 is 0 Å². The normalized spacial score (nSPS) is 22.1. The first kappa shape index (κ1) is 30.4. The van der Waals surface area contributed by atoms with Gasteiger partial charge in [0.1, 0.15) is 41.7 Å². The summed E-state index contributed by atoms with van der Waals surface area (Å²) in [5, 5.41) is 27.2. The quantitative estimate of drug-likeness (QED) is 0.379. The lowest BCUT2D eigenvalue weighted by molar-refractivity contribution is 0.0641. The number of nitriles is 1. The minimum Gasteiger partial charge on any atom is -0.434 e. The summed E-state index contributed by atoms with van der Waals surface area (Å²) in [5.74, 6) is 1.50. The van der Waals surface area contributed by atoms with Crippen LogP contribution in [-0.4, -0.2) is 82.1 Å². The third-order valence-electron chi connectivity index (χ3n) is 10.1. The molecule has 1 aromatic carbocycles. The van der Waals surface area contributed by atoms with Crippen LogP contribution in [0, 0.1) is 28.5 Å². The van der Waals surface area contributed by atoms with Gasteiger partial charge in [-0.15, -0.1) is 10.2 Å². The fraction of sp³-hybridized carbons (Fsp3) is 0.500. The van der Waals surface area contributed by atoms with Gasteiger partial charge in [-0.3, -0.25) is 0 Å². The molecule has 1 atom stereocenters. The number of aliphatic hydroxyl groups is 1. The number of likely N-dealkylation sites (tertiary alicyclic amines) is 1. The number of piperidine rings is 2. The van der Waals surface area contributed by atoms with E-state index in [0.29, 0.717) is 36.6 Å². The number of halogens is 2. The molecule has 240 valence electrons. The molecule has 3 saturated heterocycles. The maximum Gasteiger partial charge on any atom is 0.282 e. The molecule has 7 rings (SSSR count). The first-order chi connectivity index (χ1) is 22.4. The number of hydrogen-bond donors (Lipinski definition) is 1. The monoisotopic (exact) mass is 628 g/mol. The summed E-state index contributed by atoms with van der Waals surface area (Å²) in [5.41, 5.74) is 1.34. The standard InChI is InChI=1S/C34H38F2N8O2/c35-25-5-6-29(27(16-25)26-2-1-3-28(45)31(26)36)46-33-32(39-22-40-41-33)44-20-34(21-44)10-14-42(15-11-34)19-23-8-12-43(13-9-23)30-7-4-24(17-37)18-38-30/h4-7,16,18,22-23,28,45H,1-3,8-15,19-21H2. The van der Waals surface area contributed by atoms with Gasteiger partial charge in [-0.25, -0.2) is 18.7 Å². The lowest BCUT2D eigenvalue weighted by Crippen LogP contribution is -2.61. The molecule has 1 unspecified atom stereocenters.